The lowest BCUT2D eigenvalue weighted by molar-refractivity contribution is 0.616. The quantitative estimate of drug-likeness (QED) is 0.654. The molecule has 3 nitrogen and oxygen atoms in total. The average molecular weight is 175 g/mol. The lowest BCUT2D eigenvalue weighted by Gasteiger charge is -2.01. The molecule has 0 unspecified atom stereocenters. The van der Waals surface area contributed by atoms with Crippen LogP contribution in [0.2, 0.25) is 0 Å². The molecule has 1 aromatic carbocycles. The molecule has 0 heterocycles. The zero-order valence-corrected chi connectivity index (χ0v) is 6.71. The van der Waals surface area contributed by atoms with Gasteiger partial charge >= 0.3 is 0 Å². The van der Waals surface area contributed by atoms with Gasteiger partial charge in [-0.1, -0.05) is 0 Å². The lowest BCUT2D eigenvalue weighted by atomic mass is 10.1. The smallest absolute Gasteiger partial charge is 0.129 e. The van der Waals surface area contributed by atoms with Crippen LogP contribution in [0.15, 0.2) is 12.1 Å². The highest BCUT2D eigenvalue weighted by Gasteiger charge is 2.06. The molecule has 0 saturated heterocycles. The average Bonchev–Trinajstić information content (AvgIpc) is 2.10. The molecule has 1 aromatic rings. The van der Waals surface area contributed by atoms with Gasteiger partial charge in [-0.05, 0) is 12.1 Å². The molecule has 0 aliphatic heterocycles. The second kappa shape index (κ2) is 3.55. The Morgan fingerprint density at radius 1 is 1.38 bits per heavy atom. The number of benzene rings is 1. The van der Waals surface area contributed by atoms with Crippen molar-refractivity contribution >= 4 is 5.69 Å². The zero-order valence-electron chi connectivity index (χ0n) is 6.71. The summed E-state index contributed by atoms with van der Waals surface area (Å²) in [6, 6.07) is 5.99. The Labute approximate surface area is 74.8 Å². The molecule has 2 N–H and O–H groups in total. The SMILES string of the molecule is N#CCc1cc(C#N)c(N)cc1F. The van der Waals surface area contributed by atoms with Crippen molar-refractivity contribution in [2.24, 2.45) is 0 Å². The largest absolute Gasteiger partial charge is 0.398 e. The number of rotatable bonds is 1. The number of halogens is 1. The number of anilines is 1. The molecular weight excluding hydrogens is 169 g/mol. The maximum Gasteiger partial charge on any atom is 0.129 e. The third-order valence-corrected chi connectivity index (χ3v) is 1.61. The van der Waals surface area contributed by atoms with Gasteiger partial charge in [-0.25, -0.2) is 4.39 Å². The molecule has 0 fully saturated rings. The molecule has 0 aromatic heterocycles. The molecule has 0 saturated carbocycles. The Morgan fingerprint density at radius 3 is 2.62 bits per heavy atom. The van der Waals surface area contributed by atoms with Gasteiger partial charge in [-0.3, -0.25) is 0 Å². The number of hydrogen-bond acceptors (Lipinski definition) is 3. The van der Waals surface area contributed by atoms with Gasteiger partial charge in [-0.15, -0.1) is 0 Å². The van der Waals surface area contributed by atoms with Crippen LogP contribution in [0.1, 0.15) is 11.1 Å². The number of nitrogens with two attached hydrogens (primary N) is 1. The van der Waals surface area contributed by atoms with E-state index < -0.39 is 5.82 Å². The summed E-state index contributed by atoms with van der Waals surface area (Å²) < 4.78 is 13.0. The van der Waals surface area contributed by atoms with Crippen LogP contribution in [0, 0.1) is 28.5 Å². The summed E-state index contributed by atoms with van der Waals surface area (Å²) in [4.78, 5) is 0. The predicted octanol–water partition coefficient (Wildman–Crippen LogP) is 1.35. The van der Waals surface area contributed by atoms with E-state index in [-0.39, 0.29) is 23.2 Å². The van der Waals surface area contributed by atoms with Gasteiger partial charge in [0.25, 0.3) is 0 Å². The van der Waals surface area contributed by atoms with E-state index >= 15 is 0 Å². The molecule has 0 amide bonds. The van der Waals surface area contributed by atoms with Crippen molar-refractivity contribution in [1.82, 2.24) is 0 Å². The molecule has 1 rings (SSSR count). The maximum absolute atomic E-state index is 13.0. The first-order chi connectivity index (χ1) is 6.19. The van der Waals surface area contributed by atoms with E-state index in [9.17, 15) is 4.39 Å². The molecule has 0 aliphatic carbocycles. The summed E-state index contributed by atoms with van der Waals surface area (Å²) in [5.41, 5.74) is 5.85. The van der Waals surface area contributed by atoms with E-state index in [0.717, 1.165) is 6.07 Å². The lowest BCUT2D eigenvalue weighted by Crippen LogP contribution is -1.96. The molecule has 0 bridgehead atoms. The van der Waals surface area contributed by atoms with Gasteiger partial charge in [-0.2, -0.15) is 10.5 Å². The van der Waals surface area contributed by atoms with Crippen molar-refractivity contribution in [2.45, 2.75) is 6.42 Å². The number of nitriles is 2. The van der Waals surface area contributed by atoms with Gasteiger partial charge in [0.15, 0.2) is 0 Å². The minimum absolute atomic E-state index is 0.0548. The summed E-state index contributed by atoms with van der Waals surface area (Å²) in [5.74, 6) is -0.543. The van der Waals surface area contributed by atoms with Crippen LogP contribution in [0.5, 0.6) is 0 Å². The van der Waals surface area contributed by atoms with Crippen LogP contribution in [0.4, 0.5) is 10.1 Å². The maximum atomic E-state index is 13.0. The molecule has 64 valence electrons. The fourth-order valence-corrected chi connectivity index (χ4v) is 0.951. The van der Waals surface area contributed by atoms with Crippen LogP contribution in [-0.4, -0.2) is 0 Å². The van der Waals surface area contributed by atoms with Gasteiger partial charge < -0.3 is 5.73 Å². The van der Waals surface area contributed by atoms with E-state index in [2.05, 4.69) is 0 Å². The van der Waals surface area contributed by atoms with E-state index in [1.54, 1.807) is 6.07 Å². The predicted molar refractivity (Wildman–Crippen MR) is 44.8 cm³/mol. The van der Waals surface area contributed by atoms with Crippen LogP contribution >= 0.6 is 0 Å². The first kappa shape index (κ1) is 9.02. The first-order valence-electron chi connectivity index (χ1n) is 3.54. The van der Waals surface area contributed by atoms with Crippen molar-refractivity contribution < 1.29 is 4.39 Å². The van der Waals surface area contributed by atoms with Crippen LogP contribution in [-0.2, 0) is 6.42 Å². The summed E-state index contributed by atoms with van der Waals surface area (Å²) in [6.07, 6.45) is -0.0548. The Balaban J connectivity index is 3.26. The Bertz CT molecular complexity index is 412. The van der Waals surface area contributed by atoms with Crippen molar-refractivity contribution in [3.63, 3.8) is 0 Å². The Hall–Kier alpha value is -2.07. The monoisotopic (exact) mass is 175 g/mol. The Morgan fingerprint density at radius 2 is 2.08 bits per heavy atom. The topological polar surface area (TPSA) is 73.6 Å². The van der Waals surface area contributed by atoms with Crippen molar-refractivity contribution in [3.05, 3.63) is 29.1 Å². The van der Waals surface area contributed by atoms with Crippen molar-refractivity contribution in [2.75, 3.05) is 5.73 Å². The van der Waals surface area contributed by atoms with E-state index in [1.807, 2.05) is 6.07 Å². The summed E-state index contributed by atoms with van der Waals surface area (Å²) in [7, 11) is 0. The molecular formula is C9H6FN3. The minimum Gasteiger partial charge on any atom is -0.398 e. The van der Waals surface area contributed by atoms with Crippen molar-refractivity contribution in [3.8, 4) is 12.1 Å². The number of nitrogen functional groups attached to an aromatic ring is 1. The number of nitrogens with zero attached hydrogens (tertiary/aromatic N) is 2. The van der Waals surface area contributed by atoms with Crippen LogP contribution < -0.4 is 5.73 Å². The summed E-state index contributed by atoms with van der Waals surface area (Å²) in [5, 5.41) is 16.9. The Kier molecular flexibility index (Phi) is 2.47. The third-order valence-electron chi connectivity index (χ3n) is 1.61. The highest BCUT2D eigenvalue weighted by molar-refractivity contribution is 5.55. The molecule has 0 atom stereocenters. The minimum atomic E-state index is -0.543. The highest BCUT2D eigenvalue weighted by Crippen LogP contribution is 2.17. The second-order valence-corrected chi connectivity index (χ2v) is 2.48. The molecule has 0 radical (unpaired) electrons. The number of hydrogen-bond donors (Lipinski definition) is 1. The fourth-order valence-electron chi connectivity index (χ4n) is 0.951. The molecule has 0 spiro atoms. The normalized spacial score (nSPS) is 8.85. The molecule has 0 aliphatic rings. The van der Waals surface area contributed by atoms with Crippen molar-refractivity contribution in [1.29, 1.82) is 10.5 Å². The summed E-state index contributed by atoms with van der Waals surface area (Å²) >= 11 is 0. The van der Waals surface area contributed by atoms with Gasteiger partial charge in [0.1, 0.15) is 11.9 Å². The van der Waals surface area contributed by atoms with E-state index in [0.29, 0.717) is 0 Å². The first-order valence-corrected chi connectivity index (χ1v) is 3.54. The van der Waals surface area contributed by atoms with Gasteiger partial charge in [0.05, 0.1) is 23.7 Å². The van der Waals surface area contributed by atoms with Gasteiger partial charge in [0.2, 0.25) is 0 Å². The molecule has 13 heavy (non-hydrogen) atoms. The highest BCUT2D eigenvalue weighted by atomic mass is 19.1. The van der Waals surface area contributed by atoms with E-state index in [4.69, 9.17) is 16.3 Å². The fraction of sp³-hybridized carbons (Fsp3) is 0.111. The summed E-state index contributed by atoms with van der Waals surface area (Å²) in [6.45, 7) is 0. The van der Waals surface area contributed by atoms with E-state index in [1.165, 1.54) is 6.07 Å². The zero-order chi connectivity index (χ0) is 9.84. The molecule has 4 heteroatoms. The third kappa shape index (κ3) is 1.74. The second-order valence-electron chi connectivity index (χ2n) is 2.48. The standard InChI is InChI=1S/C9H6FN3/c10-8-4-9(13)7(5-12)3-6(8)1-2-11/h3-4H,1,13H2. The van der Waals surface area contributed by atoms with Crippen LogP contribution in [0.3, 0.4) is 0 Å². The van der Waals surface area contributed by atoms with Gasteiger partial charge in [0, 0.05) is 5.56 Å². The van der Waals surface area contributed by atoms with Crippen LogP contribution in [0.25, 0.3) is 0 Å².